The number of hydrogen-bond acceptors (Lipinski definition) is 4. The number of fused-ring (bicyclic) bond motifs is 1. The van der Waals surface area contributed by atoms with Gasteiger partial charge in [0.2, 0.25) is 0 Å². The Balaban J connectivity index is 2.09. The maximum atomic E-state index is 5.96. The molecule has 3 N–H and O–H groups in total. The van der Waals surface area contributed by atoms with Crippen molar-refractivity contribution in [2.45, 2.75) is 19.9 Å². The molecule has 0 radical (unpaired) electrons. The summed E-state index contributed by atoms with van der Waals surface area (Å²) in [7, 11) is 0. The summed E-state index contributed by atoms with van der Waals surface area (Å²) in [6.07, 6.45) is 0. The van der Waals surface area contributed by atoms with Crippen LogP contribution in [-0.4, -0.2) is 4.98 Å². The molecule has 3 rings (SSSR count). The molecule has 0 bridgehead atoms. The van der Waals surface area contributed by atoms with Crippen LogP contribution >= 0.6 is 0 Å². The minimum atomic E-state index is -0.248. The van der Waals surface area contributed by atoms with Gasteiger partial charge in [-0.1, -0.05) is 24.3 Å². The second-order valence-electron chi connectivity index (χ2n) is 4.95. The molecule has 4 nitrogen and oxygen atoms in total. The van der Waals surface area contributed by atoms with Gasteiger partial charge in [-0.05, 0) is 37.6 Å². The first-order valence-corrected chi connectivity index (χ1v) is 6.58. The minimum Gasteiger partial charge on any atom is -0.459 e. The van der Waals surface area contributed by atoms with E-state index in [4.69, 9.17) is 10.3 Å². The van der Waals surface area contributed by atoms with Crippen LogP contribution in [0.1, 0.15) is 28.8 Å². The van der Waals surface area contributed by atoms with Gasteiger partial charge in [0.1, 0.15) is 17.4 Å². The highest BCUT2D eigenvalue weighted by Gasteiger charge is 2.19. The van der Waals surface area contributed by atoms with Gasteiger partial charge in [0.25, 0.3) is 0 Å². The number of furan rings is 1. The molecule has 0 saturated heterocycles. The van der Waals surface area contributed by atoms with Crippen LogP contribution in [0, 0.1) is 13.8 Å². The molecular formula is C16H17N3O. The summed E-state index contributed by atoms with van der Waals surface area (Å²) >= 11 is 0. The summed E-state index contributed by atoms with van der Waals surface area (Å²) in [4.78, 5) is 4.51. The highest BCUT2D eigenvalue weighted by Crippen LogP contribution is 2.28. The van der Waals surface area contributed by atoms with Gasteiger partial charge in [-0.2, -0.15) is 0 Å². The Labute approximate surface area is 117 Å². The number of pyridine rings is 1. The Hall–Kier alpha value is -2.17. The molecular weight excluding hydrogens is 250 g/mol. The van der Waals surface area contributed by atoms with E-state index in [1.54, 1.807) is 0 Å². The Kier molecular flexibility index (Phi) is 3.26. The third-order valence-corrected chi connectivity index (χ3v) is 3.42. The number of nitrogens with zero attached hydrogens (tertiary/aromatic N) is 1. The van der Waals surface area contributed by atoms with Gasteiger partial charge in [-0.25, -0.2) is 5.43 Å². The molecule has 0 saturated carbocycles. The van der Waals surface area contributed by atoms with Crippen molar-refractivity contribution in [3.63, 3.8) is 0 Å². The predicted octanol–water partition coefficient (Wildman–Crippen LogP) is 3.00. The number of hydrogen-bond donors (Lipinski definition) is 2. The molecule has 0 aliphatic heterocycles. The standard InChI is InChI=1S/C16H17N3O/c1-10-5-3-7-12-9-14(20-16(10)12)15(19-17)13-8-4-6-11(2)18-13/h3-9,15,19H,17H2,1-2H3. The topological polar surface area (TPSA) is 64.1 Å². The van der Waals surface area contributed by atoms with E-state index >= 15 is 0 Å². The number of para-hydroxylation sites is 1. The molecule has 20 heavy (non-hydrogen) atoms. The van der Waals surface area contributed by atoms with E-state index in [2.05, 4.69) is 10.4 Å². The lowest BCUT2D eigenvalue weighted by molar-refractivity contribution is 0.470. The quantitative estimate of drug-likeness (QED) is 0.565. The van der Waals surface area contributed by atoms with Gasteiger partial charge in [0, 0.05) is 11.1 Å². The molecule has 2 aromatic heterocycles. The monoisotopic (exact) mass is 267 g/mol. The average Bonchev–Trinajstić information content (AvgIpc) is 2.85. The zero-order chi connectivity index (χ0) is 14.1. The Bertz CT molecular complexity index is 748. The Morgan fingerprint density at radius 3 is 2.65 bits per heavy atom. The zero-order valence-corrected chi connectivity index (χ0v) is 11.6. The maximum Gasteiger partial charge on any atom is 0.137 e. The van der Waals surface area contributed by atoms with Gasteiger partial charge in [0.15, 0.2) is 0 Å². The van der Waals surface area contributed by atoms with E-state index in [9.17, 15) is 0 Å². The van der Waals surface area contributed by atoms with Crippen LogP contribution in [0.2, 0.25) is 0 Å². The molecule has 1 aromatic carbocycles. The molecule has 3 aromatic rings. The van der Waals surface area contributed by atoms with Crippen LogP contribution in [-0.2, 0) is 0 Å². The maximum absolute atomic E-state index is 5.96. The number of hydrazine groups is 1. The summed E-state index contributed by atoms with van der Waals surface area (Å²) in [6.45, 7) is 3.99. The lowest BCUT2D eigenvalue weighted by Gasteiger charge is -2.13. The number of aryl methyl sites for hydroxylation is 2. The van der Waals surface area contributed by atoms with E-state index < -0.39 is 0 Å². The lowest BCUT2D eigenvalue weighted by atomic mass is 10.1. The fraction of sp³-hybridized carbons (Fsp3) is 0.188. The highest BCUT2D eigenvalue weighted by atomic mass is 16.3. The highest BCUT2D eigenvalue weighted by molar-refractivity contribution is 5.81. The zero-order valence-electron chi connectivity index (χ0n) is 11.6. The first-order valence-electron chi connectivity index (χ1n) is 6.58. The Morgan fingerprint density at radius 1 is 1.15 bits per heavy atom. The summed E-state index contributed by atoms with van der Waals surface area (Å²) in [5.41, 5.74) is 6.60. The van der Waals surface area contributed by atoms with Crippen LogP contribution in [0.25, 0.3) is 11.0 Å². The fourth-order valence-electron chi connectivity index (χ4n) is 2.41. The number of nitrogens with two attached hydrogens (primary N) is 1. The van der Waals surface area contributed by atoms with Crippen molar-refractivity contribution in [3.8, 4) is 0 Å². The third-order valence-electron chi connectivity index (χ3n) is 3.42. The van der Waals surface area contributed by atoms with Gasteiger partial charge >= 0.3 is 0 Å². The lowest BCUT2D eigenvalue weighted by Crippen LogP contribution is -2.29. The van der Waals surface area contributed by atoms with Crippen molar-refractivity contribution in [2.75, 3.05) is 0 Å². The summed E-state index contributed by atoms with van der Waals surface area (Å²) in [5, 5.41) is 1.08. The van der Waals surface area contributed by atoms with Gasteiger partial charge in [-0.15, -0.1) is 0 Å². The Morgan fingerprint density at radius 2 is 1.95 bits per heavy atom. The van der Waals surface area contributed by atoms with E-state index in [1.807, 2.05) is 56.3 Å². The van der Waals surface area contributed by atoms with Crippen molar-refractivity contribution >= 4 is 11.0 Å². The molecule has 1 atom stereocenters. The predicted molar refractivity (Wildman–Crippen MR) is 79.1 cm³/mol. The molecule has 0 amide bonds. The number of aromatic nitrogens is 1. The smallest absolute Gasteiger partial charge is 0.137 e. The first-order chi connectivity index (χ1) is 9.69. The average molecular weight is 267 g/mol. The second kappa shape index (κ2) is 5.07. The molecule has 0 aliphatic carbocycles. The van der Waals surface area contributed by atoms with Crippen LogP contribution in [0.15, 0.2) is 46.9 Å². The minimum absolute atomic E-state index is 0.248. The van der Waals surface area contributed by atoms with Crippen molar-refractivity contribution in [1.29, 1.82) is 0 Å². The molecule has 2 heterocycles. The van der Waals surface area contributed by atoms with Crippen molar-refractivity contribution < 1.29 is 4.42 Å². The molecule has 0 aliphatic rings. The van der Waals surface area contributed by atoms with Gasteiger partial charge in [0.05, 0.1) is 5.69 Å². The molecule has 102 valence electrons. The van der Waals surface area contributed by atoms with Crippen LogP contribution in [0.4, 0.5) is 0 Å². The van der Waals surface area contributed by atoms with Crippen LogP contribution in [0.3, 0.4) is 0 Å². The molecule has 0 fully saturated rings. The SMILES string of the molecule is Cc1cccc(C(NN)c2cc3cccc(C)c3o2)n1. The number of benzene rings is 1. The first kappa shape index (κ1) is 12.8. The fourth-order valence-corrected chi connectivity index (χ4v) is 2.41. The van der Waals surface area contributed by atoms with Gasteiger partial charge in [-0.3, -0.25) is 10.8 Å². The van der Waals surface area contributed by atoms with E-state index in [0.717, 1.165) is 33.7 Å². The summed E-state index contributed by atoms with van der Waals surface area (Å²) in [6, 6.07) is 13.7. The van der Waals surface area contributed by atoms with Crippen molar-refractivity contribution in [3.05, 3.63) is 65.2 Å². The second-order valence-corrected chi connectivity index (χ2v) is 4.95. The van der Waals surface area contributed by atoms with E-state index in [-0.39, 0.29) is 6.04 Å². The molecule has 0 spiro atoms. The molecule has 4 heteroatoms. The largest absolute Gasteiger partial charge is 0.459 e. The van der Waals surface area contributed by atoms with E-state index in [1.165, 1.54) is 0 Å². The molecule has 1 unspecified atom stereocenters. The van der Waals surface area contributed by atoms with Crippen LogP contribution in [0.5, 0.6) is 0 Å². The third kappa shape index (κ3) is 2.19. The number of nitrogens with one attached hydrogen (secondary N) is 1. The van der Waals surface area contributed by atoms with Crippen molar-refractivity contribution in [1.82, 2.24) is 10.4 Å². The van der Waals surface area contributed by atoms with Gasteiger partial charge < -0.3 is 4.42 Å². The number of rotatable bonds is 3. The summed E-state index contributed by atoms with van der Waals surface area (Å²) in [5.74, 6) is 6.47. The normalized spacial score (nSPS) is 12.8. The van der Waals surface area contributed by atoms with E-state index in [0.29, 0.717) is 0 Å². The summed E-state index contributed by atoms with van der Waals surface area (Å²) < 4.78 is 5.96. The van der Waals surface area contributed by atoms with Crippen molar-refractivity contribution in [2.24, 2.45) is 5.84 Å². The van der Waals surface area contributed by atoms with Crippen LogP contribution < -0.4 is 11.3 Å².